The number of nitrogens with zero attached hydrogens (tertiary/aromatic N) is 2. The van der Waals surface area contributed by atoms with E-state index in [4.69, 9.17) is 0 Å². The van der Waals surface area contributed by atoms with Gasteiger partial charge in [0.1, 0.15) is 0 Å². The van der Waals surface area contributed by atoms with Crippen molar-refractivity contribution in [3.05, 3.63) is 46.5 Å². The lowest BCUT2D eigenvalue weighted by atomic mass is 10.1. The Balaban J connectivity index is 2.17. The highest BCUT2D eigenvalue weighted by Crippen LogP contribution is 2.25. The number of carbonyl (C=O) groups is 1. The summed E-state index contributed by atoms with van der Waals surface area (Å²) in [4.78, 5) is 26.0. The van der Waals surface area contributed by atoms with Gasteiger partial charge in [0.05, 0.1) is 6.20 Å². The number of nitrogens with one attached hydrogen (secondary N) is 1. The van der Waals surface area contributed by atoms with Crippen molar-refractivity contribution in [1.29, 1.82) is 0 Å². The van der Waals surface area contributed by atoms with Crippen LogP contribution in [0.15, 0.2) is 35.6 Å². The van der Waals surface area contributed by atoms with E-state index in [0.29, 0.717) is 10.7 Å². The first-order valence-corrected chi connectivity index (χ1v) is 5.68. The smallest absolute Gasteiger partial charge is 0.257 e. The molecule has 0 aliphatic rings. The van der Waals surface area contributed by atoms with Gasteiger partial charge in [-0.3, -0.25) is 10.1 Å². The third kappa shape index (κ3) is 2.54. The second-order valence-electron chi connectivity index (χ2n) is 3.36. The van der Waals surface area contributed by atoms with Crippen LogP contribution in [0.3, 0.4) is 0 Å². The topological polar surface area (TPSA) is 71.4 Å². The molecular formula is C11H9N3O2S. The van der Waals surface area contributed by atoms with Crippen LogP contribution in [0.2, 0.25) is 0 Å². The average Bonchev–Trinajstić information content (AvgIpc) is 2.77. The van der Waals surface area contributed by atoms with Crippen molar-refractivity contribution >= 4 is 27.4 Å². The van der Waals surface area contributed by atoms with Crippen LogP contribution in [0.5, 0.6) is 0 Å². The number of rotatable bonds is 3. The summed E-state index contributed by atoms with van der Waals surface area (Å²) in [7, 11) is 0. The molecule has 0 spiro atoms. The Labute approximate surface area is 101 Å². The maximum atomic E-state index is 11.9. The highest BCUT2D eigenvalue weighted by molar-refractivity contribution is 7.19. The molecule has 2 aromatic rings. The van der Waals surface area contributed by atoms with E-state index in [0.717, 1.165) is 16.9 Å². The predicted octanol–water partition coefficient (Wildman–Crippen LogP) is 3.10. The summed E-state index contributed by atoms with van der Waals surface area (Å²) < 4.78 is 0. The molecule has 5 nitrogen and oxygen atoms in total. The molecule has 1 heterocycles. The summed E-state index contributed by atoms with van der Waals surface area (Å²) in [5.41, 5.74) is 1.47. The van der Waals surface area contributed by atoms with Crippen molar-refractivity contribution in [3.63, 3.8) is 0 Å². The Kier molecular flexibility index (Phi) is 3.24. The number of aromatic nitrogens is 1. The number of benzene rings is 1. The molecule has 6 heteroatoms. The number of amides is 1. The lowest BCUT2D eigenvalue weighted by Crippen LogP contribution is -2.12. The van der Waals surface area contributed by atoms with Gasteiger partial charge < -0.3 is 0 Å². The van der Waals surface area contributed by atoms with E-state index in [1.807, 2.05) is 19.1 Å². The van der Waals surface area contributed by atoms with Crippen LogP contribution in [0, 0.1) is 11.8 Å². The zero-order valence-corrected chi connectivity index (χ0v) is 9.82. The van der Waals surface area contributed by atoms with Crippen molar-refractivity contribution in [2.75, 3.05) is 5.32 Å². The van der Waals surface area contributed by atoms with Crippen molar-refractivity contribution in [3.8, 4) is 0 Å². The standard InChI is InChI=1S/C11H9N3O2S/c1-7-4-2-3-5-8(7)10(15)13-11-12-6-9(14-16)17-11/h2-6H,1H3,(H,12,13,15). The summed E-state index contributed by atoms with van der Waals surface area (Å²) in [6.45, 7) is 1.86. The Morgan fingerprint density at radius 2 is 2.18 bits per heavy atom. The molecule has 0 radical (unpaired) electrons. The van der Waals surface area contributed by atoms with E-state index < -0.39 is 0 Å². The summed E-state index contributed by atoms with van der Waals surface area (Å²) in [5, 5.41) is 5.98. The van der Waals surface area contributed by atoms with E-state index in [1.165, 1.54) is 6.20 Å². The van der Waals surface area contributed by atoms with Gasteiger partial charge in [0.15, 0.2) is 10.1 Å². The van der Waals surface area contributed by atoms with Gasteiger partial charge in [-0.05, 0) is 23.7 Å². The number of nitroso groups, excluding NO2 is 1. The highest BCUT2D eigenvalue weighted by Gasteiger charge is 2.10. The van der Waals surface area contributed by atoms with Crippen molar-refractivity contribution in [2.24, 2.45) is 5.18 Å². The number of carbonyl (C=O) groups excluding carboxylic acids is 1. The van der Waals surface area contributed by atoms with Crippen LogP contribution in [0.25, 0.3) is 0 Å². The Hall–Kier alpha value is -2.08. The Bertz CT molecular complexity index is 565. The molecule has 0 bridgehead atoms. The largest absolute Gasteiger partial charge is 0.298 e. The second-order valence-corrected chi connectivity index (χ2v) is 4.37. The number of hydrogen-bond acceptors (Lipinski definition) is 5. The Morgan fingerprint density at radius 3 is 2.82 bits per heavy atom. The van der Waals surface area contributed by atoms with Gasteiger partial charge in [0.25, 0.3) is 5.91 Å². The molecule has 0 saturated carbocycles. The van der Waals surface area contributed by atoms with E-state index in [9.17, 15) is 9.70 Å². The molecule has 0 saturated heterocycles. The van der Waals surface area contributed by atoms with Crippen LogP contribution in [-0.2, 0) is 0 Å². The lowest BCUT2D eigenvalue weighted by Gasteiger charge is -2.04. The van der Waals surface area contributed by atoms with E-state index in [2.05, 4.69) is 15.5 Å². The zero-order chi connectivity index (χ0) is 12.3. The zero-order valence-electron chi connectivity index (χ0n) is 9.01. The van der Waals surface area contributed by atoms with E-state index in [1.54, 1.807) is 12.1 Å². The fraction of sp³-hybridized carbons (Fsp3) is 0.0909. The summed E-state index contributed by atoms with van der Waals surface area (Å²) >= 11 is 1.04. The van der Waals surface area contributed by atoms with Gasteiger partial charge in [-0.1, -0.05) is 29.5 Å². The van der Waals surface area contributed by atoms with Gasteiger partial charge in [-0.2, -0.15) is 0 Å². The van der Waals surface area contributed by atoms with Gasteiger partial charge in [-0.25, -0.2) is 4.98 Å². The molecule has 0 unspecified atom stereocenters. The predicted molar refractivity (Wildman–Crippen MR) is 66.7 cm³/mol. The van der Waals surface area contributed by atoms with Crippen molar-refractivity contribution in [2.45, 2.75) is 6.92 Å². The summed E-state index contributed by atoms with van der Waals surface area (Å²) in [6, 6.07) is 7.25. The lowest BCUT2D eigenvalue weighted by molar-refractivity contribution is 0.102. The fourth-order valence-corrected chi connectivity index (χ4v) is 1.95. The van der Waals surface area contributed by atoms with Crippen molar-refractivity contribution < 1.29 is 4.79 Å². The van der Waals surface area contributed by atoms with Crippen LogP contribution in [0.4, 0.5) is 10.1 Å². The number of anilines is 1. The average molecular weight is 247 g/mol. The summed E-state index contributed by atoms with van der Waals surface area (Å²) in [5.74, 6) is -0.241. The maximum Gasteiger partial charge on any atom is 0.257 e. The van der Waals surface area contributed by atoms with Crippen LogP contribution in [-0.4, -0.2) is 10.9 Å². The van der Waals surface area contributed by atoms with Gasteiger partial charge >= 0.3 is 0 Å². The SMILES string of the molecule is Cc1ccccc1C(=O)Nc1ncc(N=O)s1. The summed E-state index contributed by atoms with van der Waals surface area (Å²) in [6.07, 6.45) is 1.32. The van der Waals surface area contributed by atoms with E-state index >= 15 is 0 Å². The maximum absolute atomic E-state index is 11.9. The molecule has 1 aromatic heterocycles. The van der Waals surface area contributed by atoms with Gasteiger partial charge in [0, 0.05) is 5.56 Å². The molecule has 2 rings (SSSR count). The molecule has 1 amide bonds. The first-order valence-electron chi connectivity index (χ1n) is 4.87. The molecule has 1 aromatic carbocycles. The minimum Gasteiger partial charge on any atom is -0.298 e. The van der Waals surface area contributed by atoms with Crippen LogP contribution < -0.4 is 5.32 Å². The first-order chi connectivity index (χ1) is 8.20. The molecule has 0 atom stereocenters. The highest BCUT2D eigenvalue weighted by atomic mass is 32.1. The number of thiazole rings is 1. The molecule has 86 valence electrons. The second kappa shape index (κ2) is 4.84. The normalized spacial score (nSPS) is 9.94. The monoisotopic (exact) mass is 247 g/mol. The molecule has 0 aliphatic heterocycles. The van der Waals surface area contributed by atoms with Crippen LogP contribution in [0.1, 0.15) is 15.9 Å². The van der Waals surface area contributed by atoms with Crippen LogP contribution >= 0.6 is 11.3 Å². The van der Waals surface area contributed by atoms with Crippen molar-refractivity contribution in [1.82, 2.24) is 4.98 Å². The fourth-order valence-electron chi connectivity index (χ4n) is 1.36. The molecule has 1 N–H and O–H groups in total. The third-order valence-corrected chi connectivity index (χ3v) is 2.98. The number of hydrogen-bond donors (Lipinski definition) is 1. The van der Waals surface area contributed by atoms with E-state index in [-0.39, 0.29) is 10.9 Å². The third-order valence-electron chi connectivity index (χ3n) is 2.19. The minimum absolute atomic E-state index is 0.241. The molecule has 17 heavy (non-hydrogen) atoms. The molecule has 0 aliphatic carbocycles. The van der Waals surface area contributed by atoms with Gasteiger partial charge in [0.2, 0.25) is 0 Å². The molecular weight excluding hydrogens is 238 g/mol. The minimum atomic E-state index is -0.241. The Morgan fingerprint density at radius 1 is 1.41 bits per heavy atom. The van der Waals surface area contributed by atoms with Gasteiger partial charge in [-0.15, -0.1) is 4.91 Å². The molecule has 0 fully saturated rings. The first kappa shape index (κ1) is 11.4. The number of aryl methyl sites for hydroxylation is 1. The quantitative estimate of drug-likeness (QED) is 0.847.